The van der Waals surface area contributed by atoms with Crippen molar-refractivity contribution >= 4 is 21.6 Å². The van der Waals surface area contributed by atoms with Crippen molar-refractivity contribution < 1.29 is 4.74 Å². The number of halogens is 1. The fraction of sp³-hybridized carbons (Fsp3) is 0.200. The highest BCUT2D eigenvalue weighted by atomic mass is 79.9. The summed E-state index contributed by atoms with van der Waals surface area (Å²) in [4.78, 5) is 0. The number of hydrogen-bond acceptors (Lipinski definition) is 2. The Kier molecular flexibility index (Phi) is 4.26. The van der Waals surface area contributed by atoms with Crippen LogP contribution in [0.1, 0.15) is 11.1 Å². The Morgan fingerprint density at radius 3 is 2.67 bits per heavy atom. The number of nitrogens with one attached hydrogen (secondary N) is 1. The second kappa shape index (κ2) is 5.91. The van der Waals surface area contributed by atoms with Crippen LogP contribution in [0.3, 0.4) is 0 Å². The largest absolute Gasteiger partial charge is 0.497 e. The zero-order valence-electron chi connectivity index (χ0n) is 10.5. The van der Waals surface area contributed by atoms with E-state index in [0.29, 0.717) is 0 Å². The maximum atomic E-state index is 5.24. The summed E-state index contributed by atoms with van der Waals surface area (Å²) in [5.74, 6) is 0.844. The van der Waals surface area contributed by atoms with Gasteiger partial charge in [0.1, 0.15) is 5.75 Å². The molecule has 2 rings (SSSR count). The average molecular weight is 306 g/mol. The fourth-order valence-electron chi connectivity index (χ4n) is 1.79. The smallest absolute Gasteiger partial charge is 0.122 e. The van der Waals surface area contributed by atoms with Crippen LogP contribution < -0.4 is 10.1 Å². The molecule has 0 aliphatic rings. The highest BCUT2D eigenvalue weighted by Gasteiger charge is 2.01. The van der Waals surface area contributed by atoms with E-state index >= 15 is 0 Å². The first-order valence-electron chi connectivity index (χ1n) is 5.82. The highest BCUT2D eigenvalue weighted by Crippen LogP contribution is 2.25. The summed E-state index contributed by atoms with van der Waals surface area (Å²) in [6, 6.07) is 14.4. The first-order valence-corrected chi connectivity index (χ1v) is 6.61. The first-order chi connectivity index (χ1) is 8.69. The van der Waals surface area contributed by atoms with Gasteiger partial charge < -0.3 is 10.1 Å². The van der Waals surface area contributed by atoms with E-state index in [-0.39, 0.29) is 0 Å². The number of aryl methyl sites for hydroxylation is 1. The van der Waals surface area contributed by atoms with Crippen LogP contribution >= 0.6 is 15.9 Å². The van der Waals surface area contributed by atoms with Crippen LogP contribution in [-0.2, 0) is 6.54 Å². The maximum Gasteiger partial charge on any atom is 0.122 e. The molecule has 1 N–H and O–H groups in total. The summed E-state index contributed by atoms with van der Waals surface area (Å²) in [7, 11) is 1.67. The monoisotopic (exact) mass is 305 g/mol. The molecule has 0 aromatic heterocycles. The molecular formula is C15H16BrNO. The summed E-state index contributed by atoms with van der Waals surface area (Å²) >= 11 is 3.47. The van der Waals surface area contributed by atoms with Crippen LogP contribution in [0.2, 0.25) is 0 Å². The molecule has 2 nitrogen and oxygen atoms in total. The van der Waals surface area contributed by atoms with Gasteiger partial charge in [0.15, 0.2) is 0 Å². The van der Waals surface area contributed by atoms with E-state index in [2.05, 4.69) is 52.4 Å². The van der Waals surface area contributed by atoms with Crippen molar-refractivity contribution in [2.45, 2.75) is 13.5 Å². The molecule has 18 heavy (non-hydrogen) atoms. The molecule has 0 unspecified atom stereocenters. The van der Waals surface area contributed by atoms with Crippen LogP contribution in [-0.4, -0.2) is 7.11 Å². The van der Waals surface area contributed by atoms with Gasteiger partial charge in [0.25, 0.3) is 0 Å². The van der Waals surface area contributed by atoms with Crippen LogP contribution in [0.15, 0.2) is 46.9 Å². The number of anilines is 1. The SMILES string of the molecule is COc1cc(Br)cc(NCc2ccccc2C)c1. The molecule has 0 amide bonds. The van der Waals surface area contributed by atoms with Crippen molar-refractivity contribution in [1.82, 2.24) is 0 Å². The fourth-order valence-corrected chi connectivity index (χ4v) is 2.26. The summed E-state index contributed by atoms with van der Waals surface area (Å²) in [6.07, 6.45) is 0. The molecule has 0 atom stereocenters. The predicted molar refractivity (Wildman–Crippen MR) is 79.2 cm³/mol. The van der Waals surface area contributed by atoms with Gasteiger partial charge in [-0.15, -0.1) is 0 Å². The molecule has 3 heteroatoms. The molecule has 0 saturated heterocycles. The van der Waals surface area contributed by atoms with Crippen molar-refractivity contribution in [3.05, 3.63) is 58.1 Å². The number of ether oxygens (including phenoxy) is 1. The van der Waals surface area contributed by atoms with Gasteiger partial charge in [0.05, 0.1) is 7.11 Å². The number of hydrogen-bond donors (Lipinski definition) is 1. The lowest BCUT2D eigenvalue weighted by atomic mass is 10.1. The van der Waals surface area contributed by atoms with Crippen molar-refractivity contribution in [3.63, 3.8) is 0 Å². The molecule has 0 heterocycles. The van der Waals surface area contributed by atoms with E-state index in [1.807, 2.05) is 18.2 Å². The van der Waals surface area contributed by atoms with Gasteiger partial charge in [-0.2, -0.15) is 0 Å². The first kappa shape index (κ1) is 13.0. The van der Waals surface area contributed by atoms with E-state index in [1.54, 1.807) is 7.11 Å². The average Bonchev–Trinajstić information content (AvgIpc) is 2.37. The molecule has 2 aromatic carbocycles. The molecule has 0 saturated carbocycles. The van der Waals surface area contributed by atoms with Crippen LogP contribution in [0, 0.1) is 6.92 Å². The zero-order valence-corrected chi connectivity index (χ0v) is 12.1. The third kappa shape index (κ3) is 3.26. The maximum absolute atomic E-state index is 5.24. The number of benzene rings is 2. The minimum absolute atomic E-state index is 0.812. The van der Waals surface area contributed by atoms with Gasteiger partial charge in [0, 0.05) is 22.8 Å². The van der Waals surface area contributed by atoms with Gasteiger partial charge in [-0.1, -0.05) is 40.2 Å². The Morgan fingerprint density at radius 1 is 1.17 bits per heavy atom. The van der Waals surface area contributed by atoms with Gasteiger partial charge in [-0.3, -0.25) is 0 Å². The zero-order chi connectivity index (χ0) is 13.0. The second-order valence-electron chi connectivity index (χ2n) is 4.16. The van der Waals surface area contributed by atoms with Crippen molar-refractivity contribution in [2.24, 2.45) is 0 Å². The standard InChI is InChI=1S/C15H16BrNO/c1-11-5-3-4-6-12(11)10-17-14-7-13(16)8-15(9-14)18-2/h3-9,17H,10H2,1-2H3. The predicted octanol–water partition coefficient (Wildman–Crippen LogP) is 4.38. The molecule has 2 aromatic rings. The minimum atomic E-state index is 0.812. The third-order valence-corrected chi connectivity index (χ3v) is 3.31. The van der Waals surface area contributed by atoms with E-state index in [4.69, 9.17) is 4.74 Å². The van der Waals surface area contributed by atoms with E-state index in [9.17, 15) is 0 Å². The van der Waals surface area contributed by atoms with Crippen LogP contribution in [0.4, 0.5) is 5.69 Å². The van der Waals surface area contributed by atoms with Crippen LogP contribution in [0.5, 0.6) is 5.75 Å². The molecular weight excluding hydrogens is 290 g/mol. The van der Waals surface area contributed by atoms with Gasteiger partial charge in [0.2, 0.25) is 0 Å². The second-order valence-corrected chi connectivity index (χ2v) is 5.08. The summed E-state index contributed by atoms with van der Waals surface area (Å²) in [5, 5.41) is 3.41. The van der Waals surface area contributed by atoms with Crippen molar-refractivity contribution in [1.29, 1.82) is 0 Å². The molecule has 94 valence electrons. The van der Waals surface area contributed by atoms with Gasteiger partial charge in [-0.25, -0.2) is 0 Å². The number of methoxy groups -OCH3 is 1. The molecule has 0 radical (unpaired) electrons. The summed E-state index contributed by atoms with van der Waals surface area (Å²) < 4.78 is 6.25. The Balaban J connectivity index is 2.11. The Morgan fingerprint density at radius 2 is 1.94 bits per heavy atom. The molecule has 0 bridgehead atoms. The van der Waals surface area contributed by atoms with E-state index in [1.165, 1.54) is 11.1 Å². The van der Waals surface area contributed by atoms with E-state index < -0.39 is 0 Å². The third-order valence-electron chi connectivity index (χ3n) is 2.85. The Hall–Kier alpha value is -1.48. The molecule has 0 fully saturated rings. The molecule has 0 aliphatic carbocycles. The topological polar surface area (TPSA) is 21.3 Å². The number of rotatable bonds is 4. The van der Waals surface area contributed by atoms with Crippen molar-refractivity contribution in [2.75, 3.05) is 12.4 Å². The summed E-state index contributed by atoms with van der Waals surface area (Å²) in [5.41, 5.74) is 3.65. The molecule has 0 spiro atoms. The summed E-state index contributed by atoms with van der Waals surface area (Å²) in [6.45, 7) is 2.94. The Labute approximate surface area is 116 Å². The Bertz CT molecular complexity index is 540. The highest BCUT2D eigenvalue weighted by molar-refractivity contribution is 9.10. The normalized spacial score (nSPS) is 10.2. The van der Waals surface area contributed by atoms with Crippen molar-refractivity contribution in [3.8, 4) is 5.75 Å². The van der Waals surface area contributed by atoms with Gasteiger partial charge in [-0.05, 0) is 30.2 Å². The van der Waals surface area contributed by atoms with Crippen LogP contribution in [0.25, 0.3) is 0 Å². The van der Waals surface area contributed by atoms with E-state index in [0.717, 1.165) is 22.5 Å². The lowest BCUT2D eigenvalue weighted by molar-refractivity contribution is 0.414. The molecule has 0 aliphatic heterocycles. The van der Waals surface area contributed by atoms with Gasteiger partial charge >= 0.3 is 0 Å². The lowest BCUT2D eigenvalue weighted by Gasteiger charge is -2.10. The quantitative estimate of drug-likeness (QED) is 0.905. The minimum Gasteiger partial charge on any atom is -0.497 e. The lowest BCUT2D eigenvalue weighted by Crippen LogP contribution is -2.01.